The normalized spacial score (nSPS) is 12.9. The fourth-order valence-electron chi connectivity index (χ4n) is 1.97. The minimum absolute atomic E-state index is 0.0902. The number of rotatable bonds is 8. The van der Waals surface area contributed by atoms with E-state index < -0.39 is 16.0 Å². The number of carbonyl (C=O) groups is 1. The summed E-state index contributed by atoms with van der Waals surface area (Å²) in [5.74, 6) is -0.525. The van der Waals surface area contributed by atoms with Gasteiger partial charge in [-0.1, -0.05) is 32.3 Å². The van der Waals surface area contributed by atoms with E-state index in [9.17, 15) is 13.2 Å². The van der Waals surface area contributed by atoms with Gasteiger partial charge in [0.1, 0.15) is 0 Å². The van der Waals surface area contributed by atoms with Crippen LogP contribution in [-0.4, -0.2) is 20.5 Å². The van der Waals surface area contributed by atoms with Crippen molar-refractivity contribution in [3.8, 4) is 0 Å². The Morgan fingerprint density at radius 2 is 2.00 bits per heavy atom. The second-order valence-electron chi connectivity index (χ2n) is 5.14. The number of sulfonamides is 1. The highest BCUT2D eigenvalue weighted by molar-refractivity contribution is 7.89. The van der Waals surface area contributed by atoms with Crippen LogP contribution in [0.4, 0.5) is 0 Å². The van der Waals surface area contributed by atoms with E-state index in [1.807, 2.05) is 6.92 Å². The van der Waals surface area contributed by atoms with Crippen LogP contribution in [0.1, 0.15) is 56.3 Å². The molecule has 6 heteroatoms. The average molecular weight is 313 g/mol. The van der Waals surface area contributed by atoms with E-state index in [0.29, 0.717) is 0 Å². The molecule has 5 nitrogen and oxygen atoms in total. The van der Waals surface area contributed by atoms with Crippen LogP contribution >= 0.6 is 0 Å². The summed E-state index contributed by atoms with van der Waals surface area (Å²) >= 11 is 0. The largest absolute Gasteiger partial charge is 0.459 e. The highest BCUT2D eigenvalue weighted by Crippen LogP contribution is 2.14. The smallest absolute Gasteiger partial charge is 0.338 e. The van der Waals surface area contributed by atoms with E-state index in [1.54, 1.807) is 0 Å². The fraction of sp³-hybridized carbons (Fsp3) is 0.533. The van der Waals surface area contributed by atoms with E-state index in [0.717, 1.165) is 25.7 Å². The van der Waals surface area contributed by atoms with Gasteiger partial charge in [-0.2, -0.15) is 0 Å². The van der Waals surface area contributed by atoms with E-state index in [2.05, 4.69) is 6.92 Å². The van der Waals surface area contributed by atoms with Gasteiger partial charge in [-0.25, -0.2) is 18.4 Å². The number of hydrogen-bond acceptors (Lipinski definition) is 4. The summed E-state index contributed by atoms with van der Waals surface area (Å²) in [6.07, 6.45) is 5.10. The maximum atomic E-state index is 12.0. The number of carbonyl (C=O) groups excluding carboxylic acids is 1. The molecule has 0 aliphatic carbocycles. The Bertz CT molecular complexity index is 569. The monoisotopic (exact) mass is 313 g/mol. The summed E-state index contributed by atoms with van der Waals surface area (Å²) in [7, 11) is -3.82. The van der Waals surface area contributed by atoms with E-state index in [1.165, 1.54) is 30.7 Å². The first-order chi connectivity index (χ1) is 9.84. The lowest BCUT2D eigenvalue weighted by Gasteiger charge is -2.13. The molecule has 0 radical (unpaired) electrons. The molecule has 21 heavy (non-hydrogen) atoms. The topological polar surface area (TPSA) is 86.5 Å². The number of benzene rings is 1. The number of unbranched alkanes of at least 4 members (excludes halogenated alkanes) is 3. The SMILES string of the molecule is CCCCCCC(C)OC(=O)c1cccc(S(N)(=O)=O)c1. The first kappa shape index (κ1) is 17.7. The fourth-order valence-corrected chi connectivity index (χ4v) is 2.53. The van der Waals surface area contributed by atoms with E-state index in [4.69, 9.17) is 9.88 Å². The average Bonchev–Trinajstić information content (AvgIpc) is 2.43. The molecule has 118 valence electrons. The predicted molar refractivity (Wildman–Crippen MR) is 81.5 cm³/mol. The maximum Gasteiger partial charge on any atom is 0.338 e. The van der Waals surface area contributed by atoms with Gasteiger partial charge < -0.3 is 4.74 Å². The van der Waals surface area contributed by atoms with Crippen molar-refractivity contribution in [3.05, 3.63) is 29.8 Å². The van der Waals surface area contributed by atoms with Crippen LogP contribution in [0.2, 0.25) is 0 Å². The number of esters is 1. The van der Waals surface area contributed by atoms with Crippen molar-refractivity contribution in [1.82, 2.24) is 0 Å². The van der Waals surface area contributed by atoms with Crippen molar-refractivity contribution in [3.63, 3.8) is 0 Å². The van der Waals surface area contributed by atoms with Gasteiger partial charge in [0.25, 0.3) is 0 Å². The summed E-state index contributed by atoms with van der Waals surface area (Å²) in [5.41, 5.74) is 0.196. The first-order valence-corrected chi connectivity index (χ1v) is 8.73. The Balaban J connectivity index is 2.59. The zero-order valence-electron chi connectivity index (χ0n) is 12.5. The van der Waals surface area contributed by atoms with Crippen LogP contribution < -0.4 is 5.14 Å². The number of nitrogens with two attached hydrogens (primary N) is 1. The van der Waals surface area contributed by atoms with Gasteiger partial charge in [0, 0.05) is 0 Å². The van der Waals surface area contributed by atoms with Gasteiger partial charge in [-0.15, -0.1) is 0 Å². The molecule has 0 spiro atoms. The van der Waals surface area contributed by atoms with Crippen LogP contribution in [0.25, 0.3) is 0 Å². The predicted octanol–water partition coefficient (Wildman–Crippen LogP) is 2.85. The van der Waals surface area contributed by atoms with Gasteiger partial charge in [0.15, 0.2) is 0 Å². The Morgan fingerprint density at radius 1 is 1.29 bits per heavy atom. The molecule has 1 aromatic rings. The van der Waals surface area contributed by atoms with Gasteiger partial charge in [0.05, 0.1) is 16.6 Å². The van der Waals surface area contributed by atoms with Crippen LogP contribution in [0.3, 0.4) is 0 Å². The van der Waals surface area contributed by atoms with Crippen molar-refractivity contribution >= 4 is 16.0 Å². The molecule has 0 aliphatic rings. The molecule has 0 amide bonds. The van der Waals surface area contributed by atoms with Crippen LogP contribution in [0, 0.1) is 0 Å². The Morgan fingerprint density at radius 3 is 2.62 bits per heavy atom. The molecule has 0 bridgehead atoms. The van der Waals surface area contributed by atoms with Gasteiger partial charge in [-0.05, 0) is 38.0 Å². The first-order valence-electron chi connectivity index (χ1n) is 7.18. The van der Waals surface area contributed by atoms with Crippen molar-refractivity contribution in [2.24, 2.45) is 5.14 Å². The Kier molecular flexibility index (Phi) is 6.84. The minimum atomic E-state index is -3.82. The van der Waals surface area contributed by atoms with Crippen molar-refractivity contribution in [2.75, 3.05) is 0 Å². The third-order valence-corrected chi connectivity index (χ3v) is 4.08. The van der Waals surface area contributed by atoms with Gasteiger partial charge >= 0.3 is 5.97 Å². The second kappa shape index (κ2) is 8.14. The molecule has 0 aliphatic heterocycles. The van der Waals surface area contributed by atoms with E-state index >= 15 is 0 Å². The van der Waals surface area contributed by atoms with Gasteiger partial charge in [-0.3, -0.25) is 0 Å². The number of ether oxygens (including phenoxy) is 1. The van der Waals surface area contributed by atoms with Crippen LogP contribution in [0.15, 0.2) is 29.2 Å². The summed E-state index contributed by atoms with van der Waals surface area (Å²) in [6.45, 7) is 3.98. The third-order valence-electron chi connectivity index (χ3n) is 3.17. The molecule has 1 atom stereocenters. The summed E-state index contributed by atoms with van der Waals surface area (Å²) in [5, 5.41) is 5.04. The molecule has 1 rings (SSSR count). The van der Waals surface area contributed by atoms with Crippen molar-refractivity contribution in [1.29, 1.82) is 0 Å². The lowest BCUT2D eigenvalue weighted by atomic mass is 10.1. The molecular formula is C15H23NO4S. The molecule has 0 saturated carbocycles. The third kappa shape index (κ3) is 6.27. The zero-order valence-corrected chi connectivity index (χ0v) is 13.4. The van der Waals surface area contributed by atoms with Crippen LogP contribution in [0.5, 0.6) is 0 Å². The molecule has 1 unspecified atom stereocenters. The lowest BCUT2D eigenvalue weighted by molar-refractivity contribution is 0.0319. The molecule has 0 saturated heterocycles. The molecule has 2 N–H and O–H groups in total. The number of hydrogen-bond donors (Lipinski definition) is 1. The lowest BCUT2D eigenvalue weighted by Crippen LogP contribution is -2.16. The molecule has 0 fully saturated rings. The second-order valence-corrected chi connectivity index (χ2v) is 6.70. The summed E-state index contributed by atoms with van der Waals surface area (Å²) < 4.78 is 27.8. The molecular weight excluding hydrogens is 290 g/mol. The minimum Gasteiger partial charge on any atom is -0.459 e. The molecule has 1 aromatic carbocycles. The highest BCUT2D eigenvalue weighted by atomic mass is 32.2. The van der Waals surface area contributed by atoms with Gasteiger partial charge in [0.2, 0.25) is 10.0 Å². The number of primary sulfonamides is 1. The van der Waals surface area contributed by atoms with E-state index in [-0.39, 0.29) is 16.6 Å². The van der Waals surface area contributed by atoms with Crippen LogP contribution in [-0.2, 0) is 14.8 Å². The highest BCUT2D eigenvalue weighted by Gasteiger charge is 2.15. The Hall–Kier alpha value is -1.40. The van der Waals surface area contributed by atoms with Crippen molar-refractivity contribution in [2.45, 2.75) is 57.0 Å². The maximum absolute atomic E-state index is 12.0. The summed E-state index contributed by atoms with van der Waals surface area (Å²) in [6, 6.07) is 5.57. The standard InChI is InChI=1S/C15H23NO4S/c1-3-4-5-6-8-12(2)20-15(17)13-9-7-10-14(11-13)21(16,18)19/h7,9-12H,3-6,8H2,1-2H3,(H2,16,18,19). The quantitative estimate of drug-likeness (QED) is 0.590. The Labute approximate surface area is 126 Å². The molecule has 0 aromatic heterocycles. The zero-order chi connectivity index (χ0) is 15.9. The molecule has 0 heterocycles. The summed E-state index contributed by atoms with van der Waals surface area (Å²) in [4.78, 5) is 11.9. The van der Waals surface area contributed by atoms with Crippen molar-refractivity contribution < 1.29 is 17.9 Å².